The van der Waals surface area contributed by atoms with Crippen molar-refractivity contribution in [1.29, 1.82) is 0 Å². The van der Waals surface area contributed by atoms with Gasteiger partial charge in [0.05, 0.1) is 47.2 Å². The first-order chi connectivity index (χ1) is 39.3. The van der Waals surface area contributed by atoms with Crippen molar-refractivity contribution in [3.05, 3.63) is 117 Å². The van der Waals surface area contributed by atoms with Crippen LogP contribution in [0.25, 0.3) is 0 Å². The molecule has 0 radical (unpaired) electrons. The van der Waals surface area contributed by atoms with Gasteiger partial charge in [-0.1, -0.05) is 76.3 Å². The quantitative estimate of drug-likeness (QED) is 0.0676. The molecule has 4 amide bonds. The molecule has 2 aliphatic heterocycles. The highest BCUT2D eigenvalue weighted by Gasteiger charge is 2.36. The largest absolute Gasteiger partial charge is 0.439 e. The standard InChI is InChI=1S/C60H84N6O16S/c1-31-23-39-49(43(67)29-41(53(39)71)65-57(73)33(3)15-13-17-45(77-9)55(81-59(61)75)37(7)27-35(5)51(69)47(25-31)79-11)63-19-21-83-22-20-64-50-40-24-32(2)26-48(80-12)52(70)36(6)28-38(8)56(82-60(62)76)46(78-10)18-14-16-34(4)58(74)66-42(54(40)72)30-44(50)68/h13-18,27-32,35-36,45-48,51-52,55-56,63-64,69-70H,19-26H2,1-12H3,(H2,61,75)(H2,62,76)(H,65,73)(H,66,74)/b17-13-,18-14-,33-15+,34-16+,37-27+,38-28+. The number of methoxy groups -OCH3 is 4. The Kier molecular flexibility index (Phi) is 27.3. The smallest absolute Gasteiger partial charge is 0.405 e. The van der Waals surface area contributed by atoms with Gasteiger partial charge in [-0.15, -0.1) is 0 Å². The topological polar surface area (TPSA) is 333 Å². The third-order valence-corrected chi connectivity index (χ3v) is 15.7. The Bertz CT molecular complexity index is 2570. The summed E-state index contributed by atoms with van der Waals surface area (Å²) in [5.74, 6) is -4.42. The highest BCUT2D eigenvalue weighted by molar-refractivity contribution is 7.99. The maximum Gasteiger partial charge on any atom is 0.405 e. The number of hydrogen-bond acceptors (Lipinski definition) is 19. The molecule has 0 spiro atoms. The molecule has 10 N–H and O–H groups in total. The van der Waals surface area contributed by atoms with Crippen LogP contribution < -0.4 is 32.7 Å². The Hall–Kier alpha value is -6.73. The second kappa shape index (κ2) is 32.9. The van der Waals surface area contributed by atoms with Gasteiger partial charge >= 0.3 is 12.2 Å². The lowest BCUT2D eigenvalue weighted by Crippen LogP contribution is -2.38. The second-order valence-electron chi connectivity index (χ2n) is 21.3. The van der Waals surface area contributed by atoms with E-state index in [0.29, 0.717) is 22.7 Å². The molecule has 0 saturated heterocycles. The van der Waals surface area contributed by atoms with Gasteiger partial charge in [-0.3, -0.25) is 28.8 Å². The van der Waals surface area contributed by atoms with Crippen molar-refractivity contribution in [3.63, 3.8) is 0 Å². The van der Waals surface area contributed by atoms with Gasteiger partial charge in [0, 0.05) is 99.3 Å². The van der Waals surface area contributed by atoms with E-state index in [9.17, 15) is 48.6 Å². The van der Waals surface area contributed by atoms with Crippen LogP contribution in [0, 0.1) is 23.7 Å². The molecule has 2 heterocycles. The van der Waals surface area contributed by atoms with Crippen molar-refractivity contribution < 1.29 is 77.0 Å². The minimum atomic E-state index is -1.06. The van der Waals surface area contributed by atoms with Crippen LogP contribution >= 0.6 is 11.8 Å². The number of aliphatic hydroxyl groups is 2. The average molecular weight is 1180 g/mol. The van der Waals surface area contributed by atoms with Crippen LogP contribution in [0.5, 0.6) is 0 Å². The lowest BCUT2D eigenvalue weighted by molar-refractivity contribution is -0.120. The summed E-state index contributed by atoms with van der Waals surface area (Å²) < 4.78 is 33.7. The summed E-state index contributed by atoms with van der Waals surface area (Å²) in [6, 6.07) is 0. The molecule has 4 bridgehead atoms. The first-order valence-electron chi connectivity index (χ1n) is 27.5. The number of nitrogens with one attached hydrogen (secondary N) is 4. The minimum absolute atomic E-state index is 0.0606. The van der Waals surface area contributed by atoms with Crippen molar-refractivity contribution in [1.82, 2.24) is 21.3 Å². The van der Waals surface area contributed by atoms with E-state index < -0.39 is 108 Å². The molecule has 4 rings (SSSR count). The Morgan fingerprint density at radius 3 is 1.29 bits per heavy atom. The zero-order valence-corrected chi connectivity index (χ0v) is 50.3. The van der Waals surface area contributed by atoms with Gasteiger partial charge in [0.25, 0.3) is 11.8 Å². The van der Waals surface area contributed by atoms with E-state index >= 15 is 0 Å². The Balaban J connectivity index is 1.56. The fourth-order valence-electron chi connectivity index (χ4n) is 10.2. The molecule has 0 fully saturated rings. The molecule has 0 aromatic carbocycles. The molecule has 0 aromatic heterocycles. The number of carbonyl (C=O) groups excluding carboxylic acids is 8. The number of ketones is 4. The van der Waals surface area contributed by atoms with Gasteiger partial charge in [0.15, 0.2) is 12.2 Å². The minimum Gasteiger partial charge on any atom is -0.439 e. The molecule has 0 saturated carbocycles. The summed E-state index contributed by atoms with van der Waals surface area (Å²) >= 11 is 1.46. The fraction of sp³-hybridized carbons (Fsp3) is 0.533. The van der Waals surface area contributed by atoms with Crippen LogP contribution in [0.2, 0.25) is 0 Å². The van der Waals surface area contributed by atoms with Crippen LogP contribution in [-0.4, -0.2) is 159 Å². The number of allylic oxidation sites excluding steroid dienone is 8. The second-order valence-corrected chi connectivity index (χ2v) is 22.6. The van der Waals surface area contributed by atoms with Crippen molar-refractivity contribution >= 4 is 58.9 Å². The first-order valence-corrected chi connectivity index (χ1v) is 28.6. The van der Waals surface area contributed by atoms with E-state index in [4.69, 9.17) is 39.9 Å². The highest BCUT2D eigenvalue weighted by atomic mass is 32.2. The van der Waals surface area contributed by atoms with Crippen molar-refractivity contribution in [2.75, 3.05) is 53.0 Å². The molecular weight excluding hydrogens is 1090 g/mol. The maximum absolute atomic E-state index is 14.3. The number of aliphatic hydroxyl groups excluding tert-OH is 2. The van der Waals surface area contributed by atoms with Crippen LogP contribution in [-0.2, 0) is 57.2 Å². The van der Waals surface area contributed by atoms with Crippen molar-refractivity contribution in [2.24, 2.45) is 35.1 Å². The third kappa shape index (κ3) is 19.7. The summed E-state index contributed by atoms with van der Waals surface area (Å²) in [7, 11) is 5.73. The number of ether oxygens (including phenoxy) is 6. The summed E-state index contributed by atoms with van der Waals surface area (Å²) in [6.07, 6.45) is 5.98. The van der Waals surface area contributed by atoms with Gasteiger partial charge in [-0.2, -0.15) is 11.8 Å². The van der Waals surface area contributed by atoms with E-state index in [1.807, 2.05) is 13.8 Å². The zero-order chi connectivity index (χ0) is 61.8. The molecule has 83 heavy (non-hydrogen) atoms. The van der Waals surface area contributed by atoms with E-state index in [1.54, 1.807) is 52.0 Å². The van der Waals surface area contributed by atoms with E-state index in [0.717, 1.165) is 12.2 Å². The van der Waals surface area contributed by atoms with E-state index in [-0.39, 0.29) is 95.7 Å². The number of nitrogens with two attached hydrogens (primary N) is 2. The SMILES string of the molecule is COC1/C=C\C=C(/C)C(=O)NC2=CC(=O)C(NCCSCCNC3=C4CC(C)CC(OC)C(O)C(C)/C=C(\C)C(OC(N)=O)C(OC)/C=C\C=C(/C)C(=O)NC(=CC3=O)C4=O)=C(CC(C)CC(OC)C(O)C(C)/C=C(\C)C1OC(N)=O)C2=O. The molecule has 4 aliphatic rings. The van der Waals surface area contributed by atoms with Gasteiger partial charge in [0.1, 0.15) is 12.2 Å². The van der Waals surface area contributed by atoms with Crippen molar-refractivity contribution in [2.45, 2.75) is 130 Å². The molecular formula is C60H84N6O16S. The summed E-state index contributed by atoms with van der Waals surface area (Å²) in [4.78, 5) is 107. The fourth-order valence-corrected chi connectivity index (χ4v) is 10.9. The third-order valence-electron chi connectivity index (χ3n) is 14.7. The molecule has 456 valence electrons. The van der Waals surface area contributed by atoms with Crippen LogP contribution in [0.4, 0.5) is 9.59 Å². The van der Waals surface area contributed by atoms with E-state index in [1.165, 1.54) is 78.4 Å². The number of fused-ring (bicyclic) bond motifs is 4. The Morgan fingerprint density at radius 2 is 0.964 bits per heavy atom. The highest BCUT2D eigenvalue weighted by Crippen LogP contribution is 2.31. The van der Waals surface area contributed by atoms with Gasteiger partial charge in [-0.25, -0.2) is 9.59 Å². The number of amides is 4. The van der Waals surface area contributed by atoms with Crippen molar-refractivity contribution in [3.8, 4) is 0 Å². The molecule has 2 aliphatic carbocycles. The van der Waals surface area contributed by atoms with Crippen LogP contribution in [0.1, 0.15) is 81.1 Å². The molecule has 23 heteroatoms. The molecule has 22 nitrogen and oxygen atoms in total. The monoisotopic (exact) mass is 1180 g/mol. The lowest BCUT2D eigenvalue weighted by Gasteiger charge is -2.30. The summed E-state index contributed by atoms with van der Waals surface area (Å²) in [5, 5.41) is 34.7. The van der Waals surface area contributed by atoms with Crippen LogP contribution in [0.3, 0.4) is 0 Å². The number of rotatable bonds is 14. The molecule has 12 atom stereocenters. The van der Waals surface area contributed by atoms with Gasteiger partial charge in [0.2, 0.25) is 23.1 Å². The predicted molar refractivity (Wildman–Crippen MR) is 312 cm³/mol. The number of thioether (sulfide) groups is 1. The summed E-state index contributed by atoms with van der Waals surface area (Å²) in [6.45, 7) is 14.2. The predicted octanol–water partition coefficient (Wildman–Crippen LogP) is 4.45. The van der Waals surface area contributed by atoms with Crippen LogP contribution in [0.15, 0.2) is 117 Å². The zero-order valence-electron chi connectivity index (χ0n) is 49.5. The number of Topliss-reactive ketones (excluding diaryl/α,β-unsaturated/α-hetero) is 2. The van der Waals surface area contributed by atoms with Gasteiger partial charge < -0.3 is 71.4 Å². The lowest BCUT2D eigenvalue weighted by atomic mass is 9.85. The number of carbonyl (C=O) groups is 8. The normalized spacial score (nSPS) is 32.2. The van der Waals surface area contributed by atoms with Gasteiger partial charge in [-0.05, 0) is 76.4 Å². The Labute approximate surface area is 490 Å². The first kappa shape index (κ1) is 68.8. The number of primary amides is 2. The number of hydrogen-bond donors (Lipinski definition) is 8. The molecule has 0 aromatic rings. The van der Waals surface area contributed by atoms with E-state index in [2.05, 4.69) is 21.3 Å². The average Bonchev–Trinajstić information content (AvgIpc) is 3.60. The summed E-state index contributed by atoms with van der Waals surface area (Å²) in [5.41, 5.74) is 12.2. The molecule has 12 unspecified atom stereocenters. The Morgan fingerprint density at radius 1 is 0.602 bits per heavy atom. The maximum atomic E-state index is 14.3.